The molecule has 160 valence electrons. The van der Waals surface area contributed by atoms with E-state index in [4.69, 9.17) is 21.7 Å². The highest BCUT2D eigenvalue weighted by Crippen LogP contribution is 2.31. The van der Waals surface area contributed by atoms with Crippen molar-refractivity contribution in [1.29, 1.82) is 0 Å². The normalized spacial score (nSPS) is 13.1. The Bertz CT molecular complexity index is 857. The molecule has 4 nitrogen and oxygen atoms in total. The van der Waals surface area contributed by atoms with E-state index in [1.54, 1.807) is 12.1 Å². The Morgan fingerprint density at radius 1 is 1.20 bits per heavy atom. The van der Waals surface area contributed by atoms with Crippen molar-refractivity contribution in [3.8, 4) is 11.5 Å². The van der Waals surface area contributed by atoms with Crippen LogP contribution in [0.1, 0.15) is 24.8 Å². The van der Waals surface area contributed by atoms with Crippen LogP contribution in [0.2, 0.25) is 0 Å². The van der Waals surface area contributed by atoms with Gasteiger partial charge < -0.3 is 19.3 Å². The molecule has 30 heavy (non-hydrogen) atoms. The number of likely N-dealkylation sites (N-methyl/N-ethyl adjacent to an activating group) is 1. The quantitative estimate of drug-likeness (QED) is 0.310. The van der Waals surface area contributed by atoms with Crippen LogP contribution in [0.25, 0.3) is 0 Å². The van der Waals surface area contributed by atoms with Crippen molar-refractivity contribution < 1.29 is 13.9 Å². The molecule has 1 aliphatic heterocycles. The average molecular weight is 429 g/mol. The molecule has 0 N–H and O–H groups in total. The van der Waals surface area contributed by atoms with Gasteiger partial charge >= 0.3 is 0 Å². The van der Waals surface area contributed by atoms with Gasteiger partial charge in [0, 0.05) is 18.8 Å². The number of anilines is 1. The van der Waals surface area contributed by atoms with Crippen molar-refractivity contribution in [2.75, 3.05) is 38.2 Å². The molecule has 0 fully saturated rings. The van der Waals surface area contributed by atoms with Gasteiger partial charge in [-0.25, -0.2) is 4.39 Å². The minimum atomic E-state index is -0.298. The Morgan fingerprint density at radius 2 is 1.97 bits per heavy atom. The van der Waals surface area contributed by atoms with E-state index in [2.05, 4.69) is 24.6 Å². The second-order valence-corrected chi connectivity index (χ2v) is 7.82. The van der Waals surface area contributed by atoms with E-state index in [0.29, 0.717) is 17.5 Å². The Morgan fingerprint density at radius 3 is 2.73 bits per heavy atom. The SMILES string of the molecule is C=CCN(C)CCCCOc1ccc2c(c1)CCCN2C(=S)Oc1ccc(F)cc1. The van der Waals surface area contributed by atoms with Gasteiger partial charge in [-0.1, -0.05) is 6.08 Å². The fourth-order valence-corrected chi connectivity index (χ4v) is 3.78. The number of benzene rings is 2. The molecule has 1 heterocycles. The monoisotopic (exact) mass is 428 g/mol. The Kier molecular flexibility index (Phi) is 8.22. The molecular weight excluding hydrogens is 399 g/mol. The highest BCUT2D eigenvalue weighted by molar-refractivity contribution is 7.80. The van der Waals surface area contributed by atoms with Crippen molar-refractivity contribution in [2.24, 2.45) is 0 Å². The summed E-state index contributed by atoms with van der Waals surface area (Å²) in [6, 6.07) is 12.0. The van der Waals surface area contributed by atoms with Gasteiger partial charge in [-0.05, 0) is 99.5 Å². The smallest absolute Gasteiger partial charge is 0.269 e. The zero-order valence-electron chi connectivity index (χ0n) is 17.5. The molecule has 0 saturated carbocycles. The lowest BCUT2D eigenvalue weighted by Crippen LogP contribution is -2.37. The average Bonchev–Trinajstić information content (AvgIpc) is 2.74. The van der Waals surface area contributed by atoms with Gasteiger partial charge in [0.05, 0.1) is 6.61 Å². The Hall–Kier alpha value is -2.44. The van der Waals surface area contributed by atoms with Crippen molar-refractivity contribution in [3.63, 3.8) is 0 Å². The Balaban J connectivity index is 1.54. The number of hydrogen-bond acceptors (Lipinski definition) is 4. The maximum absolute atomic E-state index is 13.1. The number of hydrogen-bond donors (Lipinski definition) is 0. The van der Waals surface area contributed by atoms with E-state index >= 15 is 0 Å². The third-order valence-electron chi connectivity index (χ3n) is 5.05. The first-order valence-electron chi connectivity index (χ1n) is 10.4. The number of nitrogens with zero attached hydrogens (tertiary/aromatic N) is 2. The zero-order valence-corrected chi connectivity index (χ0v) is 18.3. The minimum Gasteiger partial charge on any atom is -0.494 e. The van der Waals surface area contributed by atoms with Crippen LogP contribution in [-0.4, -0.2) is 43.4 Å². The van der Waals surface area contributed by atoms with E-state index in [-0.39, 0.29) is 5.82 Å². The number of unbranched alkanes of at least 4 members (excludes halogenated alkanes) is 1. The summed E-state index contributed by atoms with van der Waals surface area (Å²) in [5.74, 6) is 1.13. The van der Waals surface area contributed by atoms with Crippen LogP contribution >= 0.6 is 12.2 Å². The number of aryl methyl sites for hydroxylation is 1. The summed E-state index contributed by atoms with van der Waals surface area (Å²) in [6.07, 6.45) is 6.00. The van der Waals surface area contributed by atoms with Gasteiger partial charge in [0.1, 0.15) is 17.3 Å². The fraction of sp³-hybridized carbons (Fsp3) is 0.375. The first-order chi connectivity index (χ1) is 14.6. The van der Waals surface area contributed by atoms with Crippen molar-refractivity contribution in [3.05, 3.63) is 66.5 Å². The molecule has 2 aromatic carbocycles. The maximum atomic E-state index is 13.1. The molecule has 0 radical (unpaired) electrons. The molecule has 0 atom stereocenters. The van der Waals surface area contributed by atoms with Gasteiger partial charge in [-0.15, -0.1) is 6.58 Å². The number of rotatable bonds is 9. The van der Waals surface area contributed by atoms with E-state index in [0.717, 1.165) is 56.8 Å². The van der Waals surface area contributed by atoms with Gasteiger partial charge in [0.2, 0.25) is 0 Å². The summed E-state index contributed by atoms with van der Waals surface area (Å²) in [5, 5.41) is 0.375. The largest absolute Gasteiger partial charge is 0.494 e. The topological polar surface area (TPSA) is 24.9 Å². The van der Waals surface area contributed by atoms with Gasteiger partial charge in [-0.3, -0.25) is 0 Å². The molecular formula is C24H29FN2O2S. The number of halogens is 1. The highest BCUT2D eigenvalue weighted by atomic mass is 32.1. The lowest BCUT2D eigenvalue weighted by atomic mass is 10.0. The molecule has 3 rings (SSSR count). The van der Waals surface area contributed by atoms with E-state index < -0.39 is 0 Å². The first kappa shape index (κ1) is 22.2. The van der Waals surface area contributed by atoms with Crippen molar-refractivity contribution in [2.45, 2.75) is 25.7 Å². The number of fused-ring (bicyclic) bond motifs is 1. The third kappa shape index (κ3) is 6.28. The third-order valence-corrected chi connectivity index (χ3v) is 5.36. The Labute approximate surface area is 183 Å². The predicted octanol–water partition coefficient (Wildman–Crippen LogP) is 5.22. The highest BCUT2D eigenvalue weighted by Gasteiger charge is 2.22. The molecule has 1 aliphatic rings. The lowest BCUT2D eigenvalue weighted by molar-refractivity contribution is 0.287. The molecule has 2 aromatic rings. The summed E-state index contributed by atoms with van der Waals surface area (Å²) in [4.78, 5) is 4.24. The minimum absolute atomic E-state index is 0.298. The van der Waals surface area contributed by atoms with Gasteiger partial charge in [0.25, 0.3) is 5.17 Å². The zero-order chi connectivity index (χ0) is 21.3. The van der Waals surface area contributed by atoms with Crippen LogP contribution in [0.3, 0.4) is 0 Å². The molecule has 0 amide bonds. The summed E-state index contributed by atoms with van der Waals surface area (Å²) >= 11 is 5.51. The van der Waals surface area contributed by atoms with E-state index in [9.17, 15) is 4.39 Å². The van der Waals surface area contributed by atoms with Crippen LogP contribution in [0.15, 0.2) is 55.1 Å². The second kappa shape index (κ2) is 11.1. The molecule has 0 aromatic heterocycles. The molecule has 0 spiro atoms. The molecule has 0 aliphatic carbocycles. The molecule has 0 bridgehead atoms. The van der Waals surface area contributed by atoms with Crippen LogP contribution in [0.4, 0.5) is 10.1 Å². The van der Waals surface area contributed by atoms with Crippen LogP contribution in [-0.2, 0) is 6.42 Å². The standard InChI is InChI=1S/C24H29FN2O2S/c1-3-14-26(2)15-4-5-17-28-22-12-13-23-19(18-22)7-6-16-27(23)24(30)29-21-10-8-20(25)9-11-21/h3,8-13,18H,1,4-7,14-17H2,2H3. The first-order valence-corrected chi connectivity index (χ1v) is 10.8. The number of thiocarbonyl (C=S) groups is 1. The molecule has 0 unspecified atom stereocenters. The van der Waals surface area contributed by atoms with Crippen LogP contribution in [0, 0.1) is 5.82 Å². The summed E-state index contributed by atoms with van der Waals surface area (Å²) in [7, 11) is 2.10. The summed E-state index contributed by atoms with van der Waals surface area (Å²) in [5.41, 5.74) is 2.25. The van der Waals surface area contributed by atoms with E-state index in [1.165, 1.54) is 17.7 Å². The van der Waals surface area contributed by atoms with Crippen molar-refractivity contribution in [1.82, 2.24) is 4.90 Å². The number of ether oxygens (including phenoxy) is 2. The predicted molar refractivity (Wildman–Crippen MR) is 124 cm³/mol. The van der Waals surface area contributed by atoms with Crippen LogP contribution in [0.5, 0.6) is 11.5 Å². The molecule has 0 saturated heterocycles. The maximum Gasteiger partial charge on any atom is 0.269 e. The lowest BCUT2D eigenvalue weighted by Gasteiger charge is -2.31. The van der Waals surface area contributed by atoms with Gasteiger partial charge in [0.15, 0.2) is 0 Å². The summed E-state index contributed by atoms with van der Waals surface area (Å²) in [6.45, 7) is 7.22. The second-order valence-electron chi connectivity index (χ2n) is 7.47. The summed E-state index contributed by atoms with van der Waals surface area (Å²) < 4.78 is 24.8. The van der Waals surface area contributed by atoms with E-state index in [1.807, 2.05) is 23.1 Å². The van der Waals surface area contributed by atoms with Crippen LogP contribution < -0.4 is 14.4 Å². The fourth-order valence-electron chi connectivity index (χ4n) is 3.50. The van der Waals surface area contributed by atoms with Gasteiger partial charge in [-0.2, -0.15) is 0 Å². The van der Waals surface area contributed by atoms with Crippen molar-refractivity contribution >= 4 is 23.1 Å². The molecule has 6 heteroatoms.